The van der Waals surface area contributed by atoms with Crippen LogP contribution in [0.25, 0.3) is 0 Å². The predicted molar refractivity (Wildman–Crippen MR) is 55.2 cm³/mol. The predicted octanol–water partition coefficient (Wildman–Crippen LogP) is 0.845. The second kappa shape index (κ2) is 4.30. The van der Waals surface area contributed by atoms with E-state index in [0.29, 0.717) is 5.56 Å². The maximum atomic E-state index is 8.78. The molecule has 78 valence electrons. The summed E-state index contributed by atoms with van der Waals surface area (Å²) in [7, 11) is 0. The maximum Gasteiger partial charge on any atom is 0.0992 e. The van der Waals surface area contributed by atoms with Crippen molar-refractivity contribution in [1.82, 2.24) is 0 Å². The van der Waals surface area contributed by atoms with Crippen LogP contribution in [0.2, 0.25) is 0 Å². The Morgan fingerprint density at radius 1 is 1.53 bits per heavy atom. The number of aliphatic hydroxyl groups is 1. The third-order valence-corrected chi connectivity index (χ3v) is 2.41. The molecule has 1 aromatic carbocycles. The van der Waals surface area contributed by atoms with Crippen molar-refractivity contribution in [1.29, 1.82) is 5.26 Å². The van der Waals surface area contributed by atoms with Gasteiger partial charge in [0.25, 0.3) is 0 Å². The fraction of sp³-hybridized carbons (Fsp3) is 0.364. The monoisotopic (exact) mass is 204 g/mol. The van der Waals surface area contributed by atoms with Crippen molar-refractivity contribution in [2.75, 3.05) is 24.8 Å². The highest BCUT2D eigenvalue weighted by atomic mass is 16.7. The topological polar surface area (TPSA) is 56.5 Å². The van der Waals surface area contributed by atoms with E-state index in [2.05, 4.69) is 6.07 Å². The molecule has 0 unspecified atom stereocenters. The summed E-state index contributed by atoms with van der Waals surface area (Å²) >= 11 is 0. The Hall–Kier alpha value is -1.57. The number of hydroxylamine groups is 1. The van der Waals surface area contributed by atoms with Gasteiger partial charge in [0.15, 0.2) is 0 Å². The quantitative estimate of drug-likeness (QED) is 0.792. The molecule has 0 amide bonds. The lowest BCUT2D eigenvalue weighted by atomic mass is 10.1. The van der Waals surface area contributed by atoms with Crippen LogP contribution >= 0.6 is 0 Å². The van der Waals surface area contributed by atoms with Gasteiger partial charge in [-0.2, -0.15) is 5.26 Å². The van der Waals surface area contributed by atoms with E-state index in [1.165, 1.54) is 5.56 Å². The summed E-state index contributed by atoms with van der Waals surface area (Å²) in [4.78, 5) is 5.35. The fourth-order valence-corrected chi connectivity index (χ4v) is 1.70. The van der Waals surface area contributed by atoms with Gasteiger partial charge >= 0.3 is 0 Å². The summed E-state index contributed by atoms with van der Waals surface area (Å²) in [6.45, 7) is 1.07. The zero-order valence-corrected chi connectivity index (χ0v) is 8.31. The lowest BCUT2D eigenvalue weighted by Gasteiger charge is -2.18. The fourth-order valence-electron chi connectivity index (χ4n) is 1.70. The second-order valence-electron chi connectivity index (χ2n) is 3.36. The molecule has 1 aliphatic heterocycles. The molecule has 0 aliphatic carbocycles. The molecule has 4 nitrogen and oxygen atoms in total. The Labute approximate surface area is 88.3 Å². The summed E-state index contributed by atoms with van der Waals surface area (Å²) < 4.78 is 0. The van der Waals surface area contributed by atoms with E-state index in [4.69, 9.17) is 15.2 Å². The Kier molecular flexibility index (Phi) is 2.86. The van der Waals surface area contributed by atoms with Gasteiger partial charge in [0, 0.05) is 6.54 Å². The van der Waals surface area contributed by atoms with Gasteiger partial charge in [-0.1, -0.05) is 6.07 Å². The van der Waals surface area contributed by atoms with Crippen LogP contribution in [0.15, 0.2) is 18.2 Å². The number of hydrogen-bond acceptors (Lipinski definition) is 4. The number of fused-ring (bicyclic) bond motifs is 1. The molecule has 15 heavy (non-hydrogen) atoms. The van der Waals surface area contributed by atoms with E-state index in [9.17, 15) is 0 Å². The van der Waals surface area contributed by atoms with Crippen molar-refractivity contribution in [2.45, 2.75) is 6.42 Å². The first-order valence-electron chi connectivity index (χ1n) is 4.89. The molecular weight excluding hydrogens is 192 g/mol. The van der Waals surface area contributed by atoms with Gasteiger partial charge in [0.05, 0.1) is 30.5 Å². The van der Waals surface area contributed by atoms with Gasteiger partial charge in [-0.3, -0.25) is 9.90 Å². The largest absolute Gasteiger partial charge is 0.394 e. The van der Waals surface area contributed by atoms with E-state index < -0.39 is 0 Å². The molecule has 1 aliphatic rings. The van der Waals surface area contributed by atoms with Crippen LogP contribution in [0, 0.1) is 11.3 Å². The first kappa shape index (κ1) is 9.97. The van der Waals surface area contributed by atoms with Crippen LogP contribution in [-0.2, 0) is 11.3 Å². The van der Waals surface area contributed by atoms with Gasteiger partial charge in [0.1, 0.15) is 0 Å². The number of hydrogen-bond donors (Lipinski definition) is 1. The highest BCUT2D eigenvalue weighted by Gasteiger charge is 2.19. The first-order valence-corrected chi connectivity index (χ1v) is 4.89. The van der Waals surface area contributed by atoms with Crippen molar-refractivity contribution in [3.8, 4) is 6.07 Å². The average molecular weight is 204 g/mol. The van der Waals surface area contributed by atoms with Crippen LogP contribution in [-0.4, -0.2) is 24.9 Å². The summed E-state index contributed by atoms with van der Waals surface area (Å²) in [6.07, 6.45) is 0.923. The van der Waals surface area contributed by atoms with E-state index in [-0.39, 0.29) is 13.2 Å². The SMILES string of the molecule is N#Cc1ccc2c(c1)N(OCCO)CC2. The molecule has 4 heteroatoms. The molecule has 0 spiro atoms. The Balaban J connectivity index is 2.21. The molecule has 0 bridgehead atoms. The molecule has 1 heterocycles. The van der Waals surface area contributed by atoms with Gasteiger partial charge in [-0.15, -0.1) is 0 Å². The molecule has 0 atom stereocenters. The smallest absolute Gasteiger partial charge is 0.0992 e. The average Bonchev–Trinajstić information content (AvgIpc) is 2.68. The van der Waals surface area contributed by atoms with Gasteiger partial charge in [-0.25, -0.2) is 0 Å². The molecule has 1 N–H and O–H groups in total. The van der Waals surface area contributed by atoms with E-state index in [1.54, 1.807) is 5.06 Å². The highest BCUT2D eigenvalue weighted by molar-refractivity contribution is 5.59. The number of benzene rings is 1. The van der Waals surface area contributed by atoms with Crippen molar-refractivity contribution >= 4 is 5.69 Å². The molecular formula is C11H12N2O2. The van der Waals surface area contributed by atoms with Gasteiger partial charge in [-0.05, 0) is 24.1 Å². The van der Waals surface area contributed by atoms with Crippen LogP contribution < -0.4 is 5.06 Å². The summed E-state index contributed by atoms with van der Waals surface area (Å²) in [5, 5.41) is 19.2. The zero-order valence-electron chi connectivity index (χ0n) is 8.31. The number of rotatable bonds is 3. The van der Waals surface area contributed by atoms with Gasteiger partial charge < -0.3 is 5.11 Å². The zero-order chi connectivity index (χ0) is 10.7. The molecule has 0 aromatic heterocycles. The normalized spacial score (nSPS) is 13.7. The Bertz CT molecular complexity index is 398. The second-order valence-corrected chi connectivity index (χ2v) is 3.36. The van der Waals surface area contributed by atoms with Crippen molar-refractivity contribution in [3.05, 3.63) is 29.3 Å². The first-order chi connectivity index (χ1) is 7.35. The minimum atomic E-state index is 0.00374. The van der Waals surface area contributed by atoms with E-state index in [1.807, 2.05) is 18.2 Å². The van der Waals surface area contributed by atoms with Crippen molar-refractivity contribution in [2.24, 2.45) is 0 Å². The summed E-state index contributed by atoms with van der Waals surface area (Å²) in [6, 6.07) is 7.69. The number of anilines is 1. The van der Waals surface area contributed by atoms with Crippen molar-refractivity contribution in [3.63, 3.8) is 0 Å². The Morgan fingerprint density at radius 2 is 2.40 bits per heavy atom. The number of nitrogens with zero attached hydrogens (tertiary/aromatic N) is 2. The lowest BCUT2D eigenvalue weighted by molar-refractivity contribution is 0.0765. The highest BCUT2D eigenvalue weighted by Crippen LogP contribution is 2.28. The van der Waals surface area contributed by atoms with Crippen LogP contribution in [0.4, 0.5) is 5.69 Å². The summed E-state index contributed by atoms with van der Waals surface area (Å²) in [5.74, 6) is 0. The molecule has 0 radical (unpaired) electrons. The molecule has 2 rings (SSSR count). The van der Waals surface area contributed by atoms with E-state index in [0.717, 1.165) is 18.7 Å². The molecule has 0 saturated carbocycles. The molecule has 1 aromatic rings. The lowest BCUT2D eigenvalue weighted by Crippen LogP contribution is -2.22. The maximum absolute atomic E-state index is 8.78. The van der Waals surface area contributed by atoms with Crippen LogP contribution in [0.3, 0.4) is 0 Å². The summed E-state index contributed by atoms with van der Waals surface area (Å²) in [5.41, 5.74) is 2.77. The minimum absolute atomic E-state index is 0.00374. The number of nitriles is 1. The minimum Gasteiger partial charge on any atom is -0.394 e. The third-order valence-electron chi connectivity index (χ3n) is 2.41. The molecule has 0 saturated heterocycles. The Morgan fingerprint density at radius 3 is 3.13 bits per heavy atom. The van der Waals surface area contributed by atoms with Gasteiger partial charge in [0.2, 0.25) is 0 Å². The number of aliphatic hydroxyl groups excluding tert-OH is 1. The standard InChI is InChI=1S/C11H12N2O2/c12-8-9-1-2-10-3-4-13(11(10)7-9)15-6-5-14/h1-2,7,14H,3-6H2. The van der Waals surface area contributed by atoms with Crippen molar-refractivity contribution < 1.29 is 9.94 Å². The third kappa shape index (κ3) is 1.94. The van der Waals surface area contributed by atoms with Crippen LogP contribution in [0.1, 0.15) is 11.1 Å². The van der Waals surface area contributed by atoms with E-state index >= 15 is 0 Å². The molecule has 0 fully saturated rings. The van der Waals surface area contributed by atoms with Crippen LogP contribution in [0.5, 0.6) is 0 Å².